The van der Waals surface area contributed by atoms with E-state index in [4.69, 9.17) is 4.74 Å². The van der Waals surface area contributed by atoms with E-state index in [2.05, 4.69) is 5.32 Å². The van der Waals surface area contributed by atoms with E-state index in [9.17, 15) is 14.3 Å². The van der Waals surface area contributed by atoms with Gasteiger partial charge >= 0.3 is 0 Å². The first-order chi connectivity index (χ1) is 9.63. The number of ether oxygens (including phenoxy) is 1. The number of rotatable bonds is 4. The van der Waals surface area contributed by atoms with Crippen LogP contribution in [0, 0.1) is 5.82 Å². The number of para-hydroxylation sites is 1. The van der Waals surface area contributed by atoms with E-state index >= 15 is 0 Å². The molecule has 5 heteroatoms. The Bertz CT molecular complexity index is 628. The molecule has 1 amide bonds. The number of methoxy groups -OCH3 is 1. The lowest BCUT2D eigenvalue weighted by Gasteiger charge is -2.09. The van der Waals surface area contributed by atoms with E-state index in [0.717, 1.165) is 0 Å². The Morgan fingerprint density at radius 1 is 1.25 bits per heavy atom. The summed E-state index contributed by atoms with van der Waals surface area (Å²) in [6.07, 6.45) is 0. The van der Waals surface area contributed by atoms with Crippen LogP contribution in [0.4, 0.5) is 4.39 Å². The summed E-state index contributed by atoms with van der Waals surface area (Å²) in [6.45, 7) is 0.0438. The van der Waals surface area contributed by atoms with E-state index in [1.807, 2.05) is 0 Å². The van der Waals surface area contributed by atoms with Crippen LogP contribution >= 0.6 is 0 Å². The van der Waals surface area contributed by atoms with Crippen molar-refractivity contribution >= 4 is 5.91 Å². The first-order valence-corrected chi connectivity index (χ1v) is 6.01. The van der Waals surface area contributed by atoms with Crippen LogP contribution < -0.4 is 10.1 Å². The van der Waals surface area contributed by atoms with E-state index in [0.29, 0.717) is 5.56 Å². The van der Waals surface area contributed by atoms with Crippen LogP contribution in [0.1, 0.15) is 15.9 Å². The maximum Gasteiger partial charge on any atom is 0.255 e. The number of amides is 1. The highest BCUT2D eigenvalue weighted by Gasteiger charge is 2.14. The van der Waals surface area contributed by atoms with Crippen molar-refractivity contribution in [2.75, 3.05) is 7.11 Å². The van der Waals surface area contributed by atoms with Crippen molar-refractivity contribution in [1.82, 2.24) is 5.32 Å². The molecule has 0 unspecified atom stereocenters. The summed E-state index contributed by atoms with van der Waals surface area (Å²) < 4.78 is 18.3. The van der Waals surface area contributed by atoms with Crippen molar-refractivity contribution in [2.24, 2.45) is 0 Å². The molecule has 0 fully saturated rings. The van der Waals surface area contributed by atoms with Gasteiger partial charge in [-0.2, -0.15) is 0 Å². The van der Waals surface area contributed by atoms with Gasteiger partial charge in [-0.15, -0.1) is 0 Å². The summed E-state index contributed by atoms with van der Waals surface area (Å²) >= 11 is 0. The van der Waals surface area contributed by atoms with E-state index in [-0.39, 0.29) is 29.4 Å². The Labute approximate surface area is 115 Å². The Balaban J connectivity index is 2.12. The van der Waals surface area contributed by atoms with Crippen molar-refractivity contribution in [3.8, 4) is 11.5 Å². The molecular formula is C15H14FNO3. The molecule has 20 heavy (non-hydrogen) atoms. The van der Waals surface area contributed by atoms with Crippen LogP contribution in [0.3, 0.4) is 0 Å². The number of aromatic hydroxyl groups is 1. The van der Waals surface area contributed by atoms with Crippen molar-refractivity contribution in [2.45, 2.75) is 6.54 Å². The average Bonchev–Trinajstić information content (AvgIpc) is 2.46. The number of phenolic OH excluding ortho intramolecular Hbond substituents is 1. The quantitative estimate of drug-likeness (QED) is 0.901. The number of hydrogen-bond acceptors (Lipinski definition) is 3. The molecule has 2 aromatic carbocycles. The zero-order valence-corrected chi connectivity index (χ0v) is 10.9. The molecule has 2 N–H and O–H groups in total. The summed E-state index contributed by atoms with van der Waals surface area (Å²) in [4.78, 5) is 12.0. The first kappa shape index (κ1) is 13.9. The van der Waals surface area contributed by atoms with Gasteiger partial charge in [0.15, 0.2) is 11.5 Å². The Hall–Kier alpha value is -2.56. The number of nitrogens with one attached hydrogen (secondary N) is 1. The number of carbonyl (C=O) groups excluding carboxylic acids is 1. The number of halogens is 1. The van der Waals surface area contributed by atoms with Crippen molar-refractivity contribution in [3.63, 3.8) is 0 Å². The lowest BCUT2D eigenvalue weighted by molar-refractivity contribution is 0.0947. The second kappa shape index (κ2) is 6.06. The molecule has 0 spiro atoms. The number of phenols is 1. The predicted octanol–water partition coefficient (Wildman–Crippen LogP) is 2.47. The molecule has 4 nitrogen and oxygen atoms in total. The molecule has 0 aliphatic rings. The smallest absolute Gasteiger partial charge is 0.255 e. The normalized spacial score (nSPS) is 10.1. The van der Waals surface area contributed by atoms with Crippen LogP contribution in [0.15, 0.2) is 42.5 Å². The molecule has 0 radical (unpaired) electrons. The summed E-state index contributed by atoms with van der Waals surface area (Å²) in [7, 11) is 1.40. The minimum atomic E-state index is -0.496. The highest BCUT2D eigenvalue weighted by Crippen LogP contribution is 2.29. The summed E-state index contributed by atoms with van der Waals surface area (Å²) in [5.41, 5.74) is 0.462. The fourth-order valence-electron chi connectivity index (χ4n) is 1.78. The summed E-state index contributed by atoms with van der Waals surface area (Å²) in [6, 6.07) is 10.8. The van der Waals surface area contributed by atoms with E-state index in [1.54, 1.807) is 30.3 Å². The van der Waals surface area contributed by atoms with Crippen LogP contribution in [0.5, 0.6) is 11.5 Å². The van der Waals surface area contributed by atoms with Crippen LogP contribution in [0.25, 0.3) is 0 Å². The molecule has 0 heterocycles. The Kier molecular flexibility index (Phi) is 4.20. The third kappa shape index (κ3) is 2.88. The topological polar surface area (TPSA) is 58.6 Å². The van der Waals surface area contributed by atoms with Crippen molar-refractivity contribution in [3.05, 3.63) is 59.4 Å². The number of carbonyl (C=O) groups is 1. The molecule has 0 bridgehead atoms. The summed E-state index contributed by atoms with van der Waals surface area (Å²) in [5.74, 6) is -0.906. The SMILES string of the molecule is COc1cccc(C(=O)NCc2ccccc2F)c1O. The van der Waals surface area contributed by atoms with Gasteiger partial charge in [-0.05, 0) is 18.2 Å². The lowest BCUT2D eigenvalue weighted by Crippen LogP contribution is -2.23. The van der Waals surface area contributed by atoms with Gasteiger partial charge in [0.05, 0.1) is 12.7 Å². The van der Waals surface area contributed by atoms with Crippen LogP contribution in [0.2, 0.25) is 0 Å². The van der Waals surface area contributed by atoms with Gasteiger partial charge in [0.2, 0.25) is 0 Å². The zero-order chi connectivity index (χ0) is 14.5. The van der Waals surface area contributed by atoms with Crippen molar-refractivity contribution in [1.29, 1.82) is 0 Å². The number of hydrogen-bond donors (Lipinski definition) is 2. The Morgan fingerprint density at radius 3 is 2.70 bits per heavy atom. The second-order valence-electron chi connectivity index (χ2n) is 4.13. The van der Waals surface area contributed by atoms with Gasteiger partial charge in [0, 0.05) is 12.1 Å². The minimum absolute atomic E-state index is 0.0438. The maximum atomic E-state index is 13.4. The highest BCUT2D eigenvalue weighted by molar-refractivity contribution is 5.97. The molecule has 0 aromatic heterocycles. The predicted molar refractivity (Wildman–Crippen MR) is 72.2 cm³/mol. The maximum absolute atomic E-state index is 13.4. The van der Waals surface area contributed by atoms with Crippen LogP contribution in [-0.2, 0) is 6.54 Å². The molecular weight excluding hydrogens is 261 g/mol. The molecule has 0 aliphatic heterocycles. The van der Waals surface area contributed by atoms with Gasteiger partial charge < -0.3 is 15.2 Å². The molecule has 0 saturated carbocycles. The Morgan fingerprint density at radius 2 is 2.00 bits per heavy atom. The summed E-state index contributed by atoms with van der Waals surface area (Å²) in [5, 5.41) is 12.4. The molecule has 104 valence electrons. The molecule has 0 atom stereocenters. The molecule has 0 aliphatic carbocycles. The molecule has 2 aromatic rings. The van der Waals surface area contributed by atoms with Crippen LogP contribution in [-0.4, -0.2) is 18.1 Å². The fraction of sp³-hybridized carbons (Fsp3) is 0.133. The van der Waals surface area contributed by atoms with E-state index < -0.39 is 5.91 Å². The third-order valence-electron chi connectivity index (χ3n) is 2.86. The minimum Gasteiger partial charge on any atom is -0.504 e. The largest absolute Gasteiger partial charge is 0.504 e. The zero-order valence-electron chi connectivity index (χ0n) is 10.9. The monoisotopic (exact) mass is 275 g/mol. The third-order valence-corrected chi connectivity index (χ3v) is 2.86. The fourth-order valence-corrected chi connectivity index (χ4v) is 1.78. The standard InChI is InChI=1S/C15H14FNO3/c1-20-13-8-4-6-11(14(13)18)15(19)17-9-10-5-2-3-7-12(10)16/h2-8,18H,9H2,1H3,(H,17,19). The first-order valence-electron chi connectivity index (χ1n) is 6.01. The molecule has 2 rings (SSSR count). The van der Waals surface area contributed by atoms with E-state index in [1.165, 1.54) is 19.2 Å². The second-order valence-corrected chi connectivity index (χ2v) is 4.13. The van der Waals surface area contributed by atoms with Gasteiger partial charge in [-0.1, -0.05) is 24.3 Å². The van der Waals surface area contributed by atoms with Gasteiger partial charge in [0.1, 0.15) is 5.82 Å². The lowest BCUT2D eigenvalue weighted by atomic mass is 10.1. The van der Waals surface area contributed by atoms with Crippen molar-refractivity contribution < 1.29 is 19.0 Å². The number of benzene rings is 2. The molecule has 0 saturated heterocycles. The van der Waals surface area contributed by atoms with Gasteiger partial charge in [0.25, 0.3) is 5.91 Å². The van der Waals surface area contributed by atoms with Gasteiger partial charge in [-0.3, -0.25) is 4.79 Å². The average molecular weight is 275 g/mol. The highest BCUT2D eigenvalue weighted by atomic mass is 19.1. The van der Waals surface area contributed by atoms with Gasteiger partial charge in [-0.25, -0.2) is 4.39 Å².